The van der Waals surface area contributed by atoms with E-state index in [9.17, 15) is 0 Å². The fourth-order valence-corrected chi connectivity index (χ4v) is 2.21. The topological polar surface area (TPSA) is 24.9 Å². The summed E-state index contributed by atoms with van der Waals surface area (Å²) in [6.07, 6.45) is 0.970. The monoisotopic (exact) mass is 256 g/mol. The number of rotatable bonds is 4. The molecule has 0 atom stereocenters. The number of nitrogens with one attached hydrogen (secondary N) is 1. The van der Waals surface area contributed by atoms with Gasteiger partial charge < -0.3 is 5.32 Å². The summed E-state index contributed by atoms with van der Waals surface area (Å²) in [4.78, 5) is 4.42. The lowest BCUT2D eigenvalue weighted by atomic mass is 10.2. The Labute approximate surface area is 112 Å². The van der Waals surface area contributed by atoms with Crippen LogP contribution in [0.1, 0.15) is 16.3 Å². The predicted molar refractivity (Wildman–Crippen MR) is 76.7 cm³/mol. The Morgan fingerprint density at radius 2 is 2.11 bits per heavy atom. The minimum atomic E-state index is 0.720. The van der Waals surface area contributed by atoms with Gasteiger partial charge in [-0.2, -0.15) is 0 Å². The maximum absolute atomic E-state index is 4.42. The zero-order valence-electron chi connectivity index (χ0n) is 10.4. The zero-order valence-corrected chi connectivity index (χ0v) is 11.3. The van der Waals surface area contributed by atoms with Crippen LogP contribution in [0.3, 0.4) is 0 Å². The Bertz CT molecular complexity index is 534. The van der Waals surface area contributed by atoms with Crippen LogP contribution < -0.4 is 5.32 Å². The molecule has 1 N–H and O–H groups in total. The molecule has 0 bridgehead atoms. The zero-order chi connectivity index (χ0) is 12.6. The number of thiazole rings is 1. The third-order valence-corrected chi connectivity index (χ3v) is 3.27. The Hall–Kier alpha value is -1.63. The predicted octanol–water partition coefficient (Wildman–Crippen LogP) is 2.64. The third-order valence-electron chi connectivity index (χ3n) is 2.44. The van der Waals surface area contributed by atoms with E-state index in [0.717, 1.165) is 30.1 Å². The number of nitrogens with zero attached hydrogens (tertiary/aromatic N) is 1. The molecule has 3 heteroatoms. The van der Waals surface area contributed by atoms with Gasteiger partial charge in [-0.05, 0) is 19.1 Å². The molecule has 0 amide bonds. The molecule has 1 aromatic heterocycles. The van der Waals surface area contributed by atoms with E-state index in [2.05, 4.69) is 27.5 Å². The van der Waals surface area contributed by atoms with Crippen LogP contribution in [0.5, 0.6) is 0 Å². The van der Waals surface area contributed by atoms with Crippen LogP contribution >= 0.6 is 11.3 Å². The average molecular weight is 256 g/mol. The smallest absolute Gasteiger partial charge is 0.0897 e. The molecule has 0 aliphatic heterocycles. The quantitative estimate of drug-likeness (QED) is 0.672. The number of hydrogen-bond acceptors (Lipinski definition) is 3. The van der Waals surface area contributed by atoms with Crippen molar-refractivity contribution in [2.45, 2.75) is 13.3 Å². The highest BCUT2D eigenvalue weighted by molar-refractivity contribution is 7.09. The van der Waals surface area contributed by atoms with E-state index in [0.29, 0.717) is 0 Å². The molecule has 0 aliphatic carbocycles. The molecule has 1 aromatic carbocycles. The summed E-state index contributed by atoms with van der Waals surface area (Å²) in [5, 5.41) is 6.56. The lowest BCUT2D eigenvalue weighted by molar-refractivity contribution is 0.743. The molecule has 1 heterocycles. The van der Waals surface area contributed by atoms with Gasteiger partial charge >= 0.3 is 0 Å². The van der Waals surface area contributed by atoms with Crippen LogP contribution in [0.2, 0.25) is 0 Å². The summed E-state index contributed by atoms with van der Waals surface area (Å²) < 4.78 is 0. The minimum Gasteiger partial charge on any atom is -0.306 e. The van der Waals surface area contributed by atoms with E-state index >= 15 is 0 Å². The maximum Gasteiger partial charge on any atom is 0.0897 e. The Kier molecular flexibility index (Phi) is 4.95. The molecule has 92 valence electrons. The van der Waals surface area contributed by atoms with Crippen molar-refractivity contribution >= 4 is 11.3 Å². The second-order valence-electron chi connectivity index (χ2n) is 3.95. The van der Waals surface area contributed by atoms with Gasteiger partial charge in [0.1, 0.15) is 0 Å². The third kappa shape index (κ3) is 4.33. The average Bonchev–Trinajstić information content (AvgIpc) is 2.81. The van der Waals surface area contributed by atoms with Crippen LogP contribution in [-0.4, -0.2) is 18.1 Å². The van der Waals surface area contributed by atoms with Gasteiger partial charge in [-0.25, -0.2) is 4.98 Å². The van der Waals surface area contributed by atoms with Gasteiger partial charge in [0.15, 0.2) is 0 Å². The number of aryl methyl sites for hydroxylation is 1. The van der Waals surface area contributed by atoms with Gasteiger partial charge in [0.2, 0.25) is 0 Å². The lowest BCUT2D eigenvalue weighted by Gasteiger charge is -1.97. The number of aromatic nitrogens is 1. The molecule has 0 spiro atoms. The first kappa shape index (κ1) is 12.8. The summed E-state index contributed by atoms with van der Waals surface area (Å²) in [5.74, 6) is 6.24. The first-order valence-electron chi connectivity index (χ1n) is 6.00. The van der Waals surface area contributed by atoms with Gasteiger partial charge in [-0.1, -0.05) is 30.0 Å². The summed E-state index contributed by atoms with van der Waals surface area (Å²) in [6, 6.07) is 10.0. The molecule has 2 rings (SSSR count). The SMILES string of the molecule is Cc1nc(CCNCC#Cc2ccccc2)cs1. The van der Waals surface area contributed by atoms with Crippen molar-refractivity contribution < 1.29 is 0 Å². The molecule has 0 unspecified atom stereocenters. The molecule has 0 radical (unpaired) electrons. The maximum atomic E-state index is 4.42. The van der Waals surface area contributed by atoms with Crippen LogP contribution in [0.4, 0.5) is 0 Å². The van der Waals surface area contributed by atoms with Crippen LogP contribution in [-0.2, 0) is 6.42 Å². The van der Waals surface area contributed by atoms with Gasteiger partial charge in [-0.3, -0.25) is 0 Å². The van der Waals surface area contributed by atoms with E-state index in [1.54, 1.807) is 11.3 Å². The summed E-state index contributed by atoms with van der Waals surface area (Å²) in [5.41, 5.74) is 2.23. The molecule has 0 fully saturated rings. The van der Waals surface area contributed by atoms with Crippen molar-refractivity contribution in [3.63, 3.8) is 0 Å². The largest absolute Gasteiger partial charge is 0.306 e. The molecule has 18 heavy (non-hydrogen) atoms. The molecule has 0 aliphatic rings. The molecular weight excluding hydrogens is 240 g/mol. The highest BCUT2D eigenvalue weighted by Crippen LogP contribution is 2.07. The van der Waals surface area contributed by atoms with Gasteiger partial charge in [0.25, 0.3) is 0 Å². The second-order valence-corrected chi connectivity index (χ2v) is 5.01. The van der Waals surface area contributed by atoms with Crippen molar-refractivity contribution in [2.24, 2.45) is 0 Å². The summed E-state index contributed by atoms with van der Waals surface area (Å²) in [6.45, 7) is 3.68. The molecular formula is C15H16N2S. The Balaban J connectivity index is 1.66. The molecule has 2 nitrogen and oxygen atoms in total. The number of hydrogen-bond donors (Lipinski definition) is 1. The van der Waals surface area contributed by atoms with Crippen LogP contribution in [0, 0.1) is 18.8 Å². The molecule has 2 aromatic rings. The van der Waals surface area contributed by atoms with E-state index in [1.165, 1.54) is 5.69 Å². The Morgan fingerprint density at radius 3 is 2.83 bits per heavy atom. The number of benzene rings is 1. The van der Waals surface area contributed by atoms with Gasteiger partial charge in [-0.15, -0.1) is 11.3 Å². The van der Waals surface area contributed by atoms with Crippen LogP contribution in [0.25, 0.3) is 0 Å². The van der Waals surface area contributed by atoms with Gasteiger partial charge in [0.05, 0.1) is 17.2 Å². The van der Waals surface area contributed by atoms with Gasteiger partial charge in [0, 0.05) is 23.9 Å². The van der Waals surface area contributed by atoms with E-state index in [1.807, 2.05) is 37.3 Å². The van der Waals surface area contributed by atoms with Crippen LogP contribution in [0.15, 0.2) is 35.7 Å². The van der Waals surface area contributed by atoms with Crippen molar-refractivity contribution in [1.29, 1.82) is 0 Å². The highest BCUT2D eigenvalue weighted by Gasteiger charge is 1.96. The van der Waals surface area contributed by atoms with Crippen molar-refractivity contribution in [3.05, 3.63) is 52.0 Å². The van der Waals surface area contributed by atoms with E-state index < -0.39 is 0 Å². The highest BCUT2D eigenvalue weighted by atomic mass is 32.1. The fourth-order valence-electron chi connectivity index (χ4n) is 1.56. The normalized spacial score (nSPS) is 9.83. The fraction of sp³-hybridized carbons (Fsp3) is 0.267. The second kappa shape index (κ2) is 6.95. The van der Waals surface area contributed by atoms with Crippen molar-refractivity contribution in [2.75, 3.05) is 13.1 Å². The van der Waals surface area contributed by atoms with E-state index in [4.69, 9.17) is 0 Å². The van der Waals surface area contributed by atoms with E-state index in [-0.39, 0.29) is 0 Å². The molecule has 0 saturated carbocycles. The summed E-state index contributed by atoms with van der Waals surface area (Å²) in [7, 11) is 0. The minimum absolute atomic E-state index is 0.720. The Morgan fingerprint density at radius 1 is 1.28 bits per heavy atom. The first-order valence-corrected chi connectivity index (χ1v) is 6.88. The summed E-state index contributed by atoms with van der Waals surface area (Å²) >= 11 is 1.70. The van der Waals surface area contributed by atoms with Crippen molar-refractivity contribution in [3.8, 4) is 11.8 Å². The lowest BCUT2D eigenvalue weighted by Crippen LogP contribution is -2.17. The molecule has 0 saturated heterocycles. The first-order chi connectivity index (χ1) is 8.84. The standard InChI is InChI=1S/C15H16N2S/c1-13-17-15(12-18-13)9-11-16-10-5-8-14-6-3-2-4-7-14/h2-4,6-7,12,16H,9-11H2,1H3. The van der Waals surface area contributed by atoms with Crippen molar-refractivity contribution in [1.82, 2.24) is 10.3 Å².